The minimum Gasteiger partial charge on any atom is -0.505 e. The maximum Gasteiger partial charge on any atom is 0.266 e. The number of hydrogen-bond acceptors (Lipinski definition) is 3. The van der Waals surface area contributed by atoms with E-state index >= 15 is 0 Å². The number of nitrogens with zero attached hydrogens (tertiary/aromatic N) is 2. The third-order valence-corrected chi connectivity index (χ3v) is 1.96. The van der Waals surface area contributed by atoms with Crippen molar-refractivity contribution in [2.75, 3.05) is 0 Å². The van der Waals surface area contributed by atoms with Crippen LogP contribution < -0.4 is 0 Å². The highest BCUT2D eigenvalue weighted by molar-refractivity contribution is 9.10. The second kappa shape index (κ2) is 3.66. The Morgan fingerprint density at radius 3 is 2.69 bits per heavy atom. The molecule has 0 aliphatic rings. The van der Waals surface area contributed by atoms with Gasteiger partial charge in [-0.1, -0.05) is 0 Å². The van der Waals surface area contributed by atoms with Crippen LogP contribution in [0.4, 0.5) is 8.78 Å². The van der Waals surface area contributed by atoms with Gasteiger partial charge in [-0.2, -0.15) is 5.26 Å². The van der Waals surface area contributed by atoms with E-state index in [1.165, 1.54) is 0 Å². The molecule has 0 aliphatic heterocycles. The van der Waals surface area contributed by atoms with Crippen molar-refractivity contribution in [1.82, 2.24) is 4.98 Å². The minimum absolute atomic E-state index is 0.128. The van der Waals surface area contributed by atoms with Crippen molar-refractivity contribution in [3.8, 4) is 11.8 Å². The van der Waals surface area contributed by atoms with Gasteiger partial charge < -0.3 is 5.11 Å². The standard InChI is InChI=1S/C7H3BrF2N2O/c8-6-3(7(9)10)1-5(13)4(2-11)12-6/h1,7,13H. The molecule has 6 heteroatoms. The Morgan fingerprint density at radius 2 is 2.23 bits per heavy atom. The van der Waals surface area contributed by atoms with Crippen molar-refractivity contribution in [2.45, 2.75) is 6.43 Å². The van der Waals surface area contributed by atoms with Crippen molar-refractivity contribution in [1.29, 1.82) is 5.26 Å². The summed E-state index contributed by atoms with van der Waals surface area (Å²) in [6.07, 6.45) is -2.74. The third-order valence-electron chi connectivity index (χ3n) is 1.32. The molecule has 0 saturated carbocycles. The van der Waals surface area contributed by atoms with E-state index in [1.807, 2.05) is 0 Å². The maximum atomic E-state index is 12.2. The van der Waals surface area contributed by atoms with Gasteiger partial charge in [0.2, 0.25) is 0 Å². The molecule has 0 atom stereocenters. The van der Waals surface area contributed by atoms with Gasteiger partial charge in [0, 0.05) is 0 Å². The molecular formula is C7H3BrF2N2O. The fraction of sp³-hybridized carbons (Fsp3) is 0.143. The monoisotopic (exact) mass is 248 g/mol. The molecule has 1 rings (SSSR count). The Labute approximate surface area is 80.8 Å². The number of aromatic nitrogens is 1. The molecule has 1 heterocycles. The number of halogens is 3. The SMILES string of the molecule is N#Cc1nc(Br)c(C(F)F)cc1O. The van der Waals surface area contributed by atoms with E-state index < -0.39 is 17.7 Å². The lowest BCUT2D eigenvalue weighted by Crippen LogP contribution is -1.93. The summed E-state index contributed by atoms with van der Waals surface area (Å²) in [6, 6.07) is 2.39. The molecule has 0 bridgehead atoms. The van der Waals surface area contributed by atoms with E-state index in [0.717, 1.165) is 6.07 Å². The molecule has 13 heavy (non-hydrogen) atoms. The van der Waals surface area contributed by atoms with E-state index in [4.69, 9.17) is 10.4 Å². The molecular weight excluding hydrogens is 246 g/mol. The number of pyridine rings is 1. The van der Waals surface area contributed by atoms with Crippen LogP contribution in [0.1, 0.15) is 17.7 Å². The van der Waals surface area contributed by atoms with Gasteiger partial charge in [0.15, 0.2) is 11.4 Å². The van der Waals surface area contributed by atoms with E-state index in [2.05, 4.69) is 20.9 Å². The molecule has 0 aromatic carbocycles. The molecule has 0 unspecified atom stereocenters. The fourth-order valence-corrected chi connectivity index (χ4v) is 1.20. The van der Waals surface area contributed by atoms with E-state index in [0.29, 0.717) is 0 Å². The summed E-state index contributed by atoms with van der Waals surface area (Å²) >= 11 is 2.77. The first kappa shape index (κ1) is 9.86. The van der Waals surface area contributed by atoms with Crippen LogP contribution in [0.15, 0.2) is 10.7 Å². The van der Waals surface area contributed by atoms with Gasteiger partial charge >= 0.3 is 0 Å². The van der Waals surface area contributed by atoms with Crippen molar-refractivity contribution in [3.05, 3.63) is 21.9 Å². The minimum atomic E-state index is -2.74. The van der Waals surface area contributed by atoms with Gasteiger partial charge in [-0.15, -0.1) is 0 Å². The van der Waals surface area contributed by atoms with Crippen LogP contribution in [0.2, 0.25) is 0 Å². The zero-order valence-corrected chi connectivity index (χ0v) is 7.72. The van der Waals surface area contributed by atoms with Crippen LogP contribution in [0.5, 0.6) is 5.75 Å². The highest BCUT2D eigenvalue weighted by Gasteiger charge is 2.16. The molecule has 3 nitrogen and oxygen atoms in total. The summed E-state index contributed by atoms with van der Waals surface area (Å²) in [6.45, 7) is 0. The van der Waals surface area contributed by atoms with Crippen LogP contribution in [0.25, 0.3) is 0 Å². The lowest BCUT2D eigenvalue weighted by Gasteiger charge is -2.03. The number of nitriles is 1. The van der Waals surface area contributed by atoms with Gasteiger partial charge in [0.05, 0.1) is 5.56 Å². The summed E-state index contributed by atoms with van der Waals surface area (Å²) in [5.74, 6) is -0.541. The zero-order chi connectivity index (χ0) is 10.0. The molecule has 1 aromatic heterocycles. The highest BCUT2D eigenvalue weighted by Crippen LogP contribution is 2.30. The normalized spacial score (nSPS) is 10.1. The topological polar surface area (TPSA) is 56.9 Å². The average Bonchev–Trinajstić information content (AvgIpc) is 2.07. The van der Waals surface area contributed by atoms with Crippen LogP contribution in [-0.4, -0.2) is 10.1 Å². The molecule has 0 amide bonds. The lowest BCUT2D eigenvalue weighted by molar-refractivity contribution is 0.149. The molecule has 0 fully saturated rings. The quantitative estimate of drug-likeness (QED) is 0.777. The summed E-state index contributed by atoms with van der Waals surface area (Å²) in [7, 11) is 0. The summed E-state index contributed by atoms with van der Waals surface area (Å²) in [4.78, 5) is 3.44. The first-order chi connectivity index (χ1) is 6.06. The van der Waals surface area contributed by atoms with Crippen molar-refractivity contribution in [2.24, 2.45) is 0 Å². The molecule has 1 aromatic rings. The molecule has 68 valence electrons. The Kier molecular flexibility index (Phi) is 2.78. The predicted octanol–water partition coefficient (Wildman–Crippen LogP) is 2.36. The second-order valence-corrected chi connectivity index (χ2v) is 2.90. The maximum absolute atomic E-state index is 12.2. The van der Waals surface area contributed by atoms with E-state index in [-0.39, 0.29) is 10.3 Å². The zero-order valence-electron chi connectivity index (χ0n) is 6.13. The first-order valence-corrected chi connectivity index (χ1v) is 3.93. The largest absolute Gasteiger partial charge is 0.505 e. The smallest absolute Gasteiger partial charge is 0.266 e. The summed E-state index contributed by atoms with van der Waals surface area (Å²) in [5.41, 5.74) is -0.715. The van der Waals surface area contributed by atoms with Crippen LogP contribution in [0, 0.1) is 11.3 Å². The number of aromatic hydroxyl groups is 1. The summed E-state index contributed by atoms with van der Waals surface area (Å²) < 4.78 is 24.2. The highest BCUT2D eigenvalue weighted by atomic mass is 79.9. The second-order valence-electron chi connectivity index (χ2n) is 2.15. The van der Waals surface area contributed by atoms with Crippen molar-refractivity contribution >= 4 is 15.9 Å². The molecule has 0 radical (unpaired) electrons. The van der Waals surface area contributed by atoms with E-state index in [9.17, 15) is 8.78 Å². The third kappa shape index (κ3) is 1.92. The molecule has 0 spiro atoms. The first-order valence-electron chi connectivity index (χ1n) is 3.14. The van der Waals surface area contributed by atoms with Gasteiger partial charge in [0.25, 0.3) is 6.43 Å². The molecule has 0 aliphatic carbocycles. The fourth-order valence-electron chi connectivity index (χ4n) is 0.730. The lowest BCUT2D eigenvalue weighted by atomic mass is 10.2. The predicted molar refractivity (Wildman–Crippen MR) is 43.3 cm³/mol. The number of alkyl halides is 2. The van der Waals surface area contributed by atoms with Crippen LogP contribution >= 0.6 is 15.9 Å². The van der Waals surface area contributed by atoms with Crippen molar-refractivity contribution < 1.29 is 13.9 Å². The Balaban J connectivity index is 3.31. The Bertz CT molecular complexity index is 375. The molecule has 0 saturated heterocycles. The van der Waals surface area contributed by atoms with E-state index in [1.54, 1.807) is 6.07 Å². The van der Waals surface area contributed by atoms with Crippen molar-refractivity contribution in [3.63, 3.8) is 0 Å². The Morgan fingerprint density at radius 1 is 1.62 bits per heavy atom. The summed E-state index contributed by atoms with van der Waals surface area (Å²) in [5, 5.41) is 17.4. The van der Waals surface area contributed by atoms with Gasteiger partial charge in [0.1, 0.15) is 10.7 Å². The molecule has 1 N–H and O–H groups in total. The van der Waals surface area contributed by atoms with Gasteiger partial charge in [-0.3, -0.25) is 0 Å². The van der Waals surface area contributed by atoms with Gasteiger partial charge in [-0.05, 0) is 22.0 Å². The number of hydrogen-bond donors (Lipinski definition) is 1. The van der Waals surface area contributed by atoms with Crippen LogP contribution in [0.3, 0.4) is 0 Å². The number of rotatable bonds is 1. The average molecular weight is 249 g/mol. The Hall–Kier alpha value is -1.22. The van der Waals surface area contributed by atoms with Gasteiger partial charge in [-0.25, -0.2) is 13.8 Å². The van der Waals surface area contributed by atoms with Crippen LogP contribution in [-0.2, 0) is 0 Å².